The van der Waals surface area contributed by atoms with Crippen LogP contribution in [0.15, 0.2) is 60.7 Å². The lowest BCUT2D eigenvalue weighted by Gasteiger charge is -2.36. The number of nitrogens with two attached hydrogens (primary N) is 1. The third kappa shape index (κ3) is 4.12. The van der Waals surface area contributed by atoms with Crippen molar-refractivity contribution >= 4 is 5.91 Å². The number of primary amides is 1. The summed E-state index contributed by atoms with van der Waals surface area (Å²) in [6.07, 6.45) is 8.56. The minimum atomic E-state index is -0.113. The van der Waals surface area contributed by atoms with Gasteiger partial charge in [-0.05, 0) is 36.8 Å². The number of benzene rings is 2. The molecule has 2 aromatic rings. The van der Waals surface area contributed by atoms with Gasteiger partial charge in [0, 0.05) is 11.3 Å². The normalized spacial score (nSPS) is 19.2. The molecule has 1 aliphatic rings. The molecule has 2 aromatic carbocycles. The topological polar surface area (TPSA) is 43.1 Å². The second kappa shape index (κ2) is 8.33. The fraction of sp³-hybridized carbons (Fsp3) is 0.435. The van der Waals surface area contributed by atoms with Crippen molar-refractivity contribution in [3.8, 4) is 0 Å². The molecule has 0 heterocycles. The first-order chi connectivity index (χ1) is 12.2. The summed E-state index contributed by atoms with van der Waals surface area (Å²) in [5.74, 6) is -0.0427. The third-order valence-electron chi connectivity index (χ3n) is 5.87. The van der Waals surface area contributed by atoms with E-state index >= 15 is 0 Å². The number of hydrogen-bond acceptors (Lipinski definition) is 1. The first-order valence-corrected chi connectivity index (χ1v) is 9.63. The molecule has 0 aliphatic heterocycles. The van der Waals surface area contributed by atoms with Crippen molar-refractivity contribution in [2.45, 2.75) is 56.8 Å². The Hall–Kier alpha value is -2.09. The zero-order chi connectivity index (χ0) is 17.5. The van der Waals surface area contributed by atoms with Crippen LogP contribution >= 0.6 is 0 Å². The quantitative estimate of drug-likeness (QED) is 0.822. The van der Waals surface area contributed by atoms with E-state index in [1.54, 1.807) is 0 Å². The summed E-state index contributed by atoms with van der Waals surface area (Å²) in [5, 5.41) is 0. The summed E-state index contributed by atoms with van der Waals surface area (Å²) in [5.41, 5.74) is 8.51. The Morgan fingerprint density at radius 3 is 1.60 bits per heavy atom. The smallest absolute Gasteiger partial charge is 0.220 e. The first-order valence-electron chi connectivity index (χ1n) is 9.63. The Bertz CT molecular complexity index is 612. The minimum absolute atomic E-state index is 0.0703. The van der Waals surface area contributed by atoms with Crippen LogP contribution < -0.4 is 5.73 Å². The Morgan fingerprint density at radius 1 is 0.760 bits per heavy atom. The molecule has 0 unspecified atom stereocenters. The monoisotopic (exact) mass is 335 g/mol. The summed E-state index contributed by atoms with van der Waals surface area (Å²) in [6.45, 7) is 0. The van der Waals surface area contributed by atoms with E-state index in [4.69, 9.17) is 5.73 Å². The number of amides is 1. The van der Waals surface area contributed by atoms with E-state index in [2.05, 4.69) is 60.7 Å². The summed E-state index contributed by atoms with van der Waals surface area (Å²) < 4.78 is 0. The van der Waals surface area contributed by atoms with Crippen LogP contribution in [0.4, 0.5) is 0 Å². The molecule has 1 aliphatic carbocycles. The van der Waals surface area contributed by atoms with E-state index in [9.17, 15) is 4.79 Å². The van der Waals surface area contributed by atoms with Crippen LogP contribution in [0, 0.1) is 5.92 Å². The predicted molar refractivity (Wildman–Crippen MR) is 103 cm³/mol. The van der Waals surface area contributed by atoms with Crippen LogP contribution in [0.1, 0.15) is 62.5 Å². The van der Waals surface area contributed by atoms with Crippen molar-refractivity contribution in [3.63, 3.8) is 0 Å². The lowest BCUT2D eigenvalue weighted by molar-refractivity contribution is -0.122. The molecule has 2 N–H and O–H groups in total. The molecule has 1 saturated carbocycles. The predicted octanol–water partition coefficient (Wildman–Crippen LogP) is 5.21. The lowest BCUT2D eigenvalue weighted by Crippen LogP contribution is -2.29. The molecule has 0 radical (unpaired) electrons. The highest BCUT2D eigenvalue weighted by atomic mass is 16.1. The maximum absolute atomic E-state index is 11.6. The molecule has 132 valence electrons. The molecule has 2 nitrogen and oxygen atoms in total. The maximum Gasteiger partial charge on any atom is 0.220 e. The van der Waals surface area contributed by atoms with Crippen molar-refractivity contribution in [2.24, 2.45) is 11.7 Å². The van der Waals surface area contributed by atoms with Crippen molar-refractivity contribution in [1.29, 1.82) is 0 Å². The fourth-order valence-electron chi connectivity index (χ4n) is 4.45. The molecular formula is C23H29NO. The van der Waals surface area contributed by atoms with Crippen LogP contribution in [-0.4, -0.2) is 5.91 Å². The SMILES string of the molecule is NC(=O)C1CCCCC(c2ccccc2)(c2ccccc2)CCCC1. The fourth-order valence-corrected chi connectivity index (χ4v) is 4.45. The van der Waals surface area contributed by atoms with Gasteiger partial charge in [-0.25, -0.2) is 0 Å². The zero-order valence-corrected chi connectivity index (χ0v) is 15.0. The van der Waals surface area contributed by atoms with E-state index in [0.717, 1.165) is 51.4 Å². The molecule has 3 rings (SSSR count). The minimum Gasteiger partial charge on any atom is -0.369 e. The molecule has 1 amide bonds. The Morgan fingerprint density at radius 2 is 1.20 bits per heavy atom. The van der Waals surface area contributed by atoms with Crippen molar-refractivity contribution in [2.75, 3.05) is 0 Å². The van der Waals surface area contributed by atoms with Gasteiger partial charge in [-0.1, -0.05) is 86.3 Å². The van der Waals surface area contributed by atoms with E-state index in [0.29, 0.717) is 0 Å². The van der Waals surface area contributed by atoms with Crippen LogP contribution in [0.2, 0.25) is 0 Å². The Balaban J connectivity index is 1.91. The van der Waals surface area contributed by atoms with E-state index in [1.807, 2.05) is 0 Å². The summed E-state index contributed by atoms with van der Waals surface area (Å²) in [6, 6.07) is 21.9. The highest BCUT2D eigenvalue weighted by molar-refractivity contribution is 5.76. The van der Waals surface area contributed by atoms with E-state index < -0.39 is 0 Å². The van der Waals surface area contributed by atoms with Gasteiger partial charge in [-0.3, -0.25) is 4.79 Å². The van der Waals surface area contributed by atoms with Gasteiger partial charge in [0.2, 0.25) is 5.91 Å². The molecule has 1 fully saturated rings. The Labute approximate surface area is 151 Å². The average Bonchev–Trinajstić information content (AvgIpc) is 2.67. The molecule has 2 heteroatoms. The number of hydrogen-bond donors (Lipinski definition) is 1. The standard InChI is InChI=1S/C23H29NO/c24-22(25)19-11-7-9-17-23(18-10-8-12-19,20-13-3-1-4-14-20)21-15-5-2-6-16-21/h1-6,13-16,19H,7-12,17-18H2,(H2,24,25). The highest BCUT2D eigenvalue weighted by Crippen LogP contribution is 2.42. The van der Waals surface area contributed by atoms with Gasteiger partial charge in [-0.2, -0.15) is 0 Å². The molecular weight excluding hydrogens is 306 g/mol. The lowest BCUT2D eigenvalue weighted by atomic mass is 9.67. The molecule has 25 heavy (non-hydrogen) atoms. The first kappa shape index (κ1) is 17.7. The van der Waals surface area contributed by atoms with Crippen molar-refractivity contribution in [3.05, 3.63) is 71.8 Å². The van der Waals surface area contributed by atoms with Crippen molar-refractivity contribution < 1.29 is 4.79 Å². The van der Waals surface area contributed by atoms with Crippen molar-refractivity contribution in [1.82, 2.24) is 0 Å². The van der Waals surface area contributed by atoms with Crippen LogP contribution in [0.5, 0.6) is 0 Å². The van der Waals surface area contributed by atoms with E-state index in [-0.39, 0.29) is 17.2 Å². The Kier molecular flexibility index (Phi) is 5.91. The van der Waals surface area contributed by atoms with E-state index in [1.165, 1.54) is 11.1 Å². The summed E-state index contributed by atoms with van der Waals surface area (Å²) >= 11 is 0. The van der Waals surface area contributed by atoms with Crippen LogP contribution in [-0.2, 0) is 10.2 Å². The van der Waals surface area contributed by atoms with Gasteiger partial charge in [0.15, 0.2) is 0 Å². The second-order valence-corrected chi connectivity index (χ2v) is 7.41. The van der Waals surface area contributed by atoms with Crippen LogP contribution in [0.3, 0.4) is 0 Å². The largest absolute Gasteiger partial charge is 0.369 e. The van der Waals surface area contributed by atoms with Gasteiger partial charge < -0.3 is 5.73 Å². The van der Waals surface area contributed by atoms with Gasteiger partial charge in [-0.15, -0.1) is 0 Å². The molecule has 0 spiro atoms. The molecule has 0 saturated heterocycles. The molecule has 0 atom stereocenters. The average molecular weight is 335 g/mol. The third-order valence-corrected chi connectivity index (χ3v) is 5.87. The van der Waals surface area contributed by atoms with Gasteiger partial charge in [0.05, 0.1) is 0 Å². The molecule has 0 aromatic heterocycles. The molecule has 0 bridgehead atoms. The van der Waals surface area contributed by atoms with Gasteiger partial charge >= 0.3 is 0 Å². The number of carbonyl (C=O) groups is 1. The second-order valence-electron chi connectivity index (χ2n) is 7.41. The number of carbonyl (C=O) groups excluding carboxylic acids is 1. The summed E-state index contributed by atoms with van der Waals surface area (Å²) in [7, 11) is 0. The van der Waals surface area contributed by atoms with Gasteiger partial charge in [0.1, 0.15) is 0 Å². The van der Waals surface area contributed by atoms with Gasteiger partial charge in [0.25, 0.3) is 0 Å². The zero-order valence-electron chi connectivity index (χ0n) is 15.0. The maximum atomic E-state index is 11.6. The van der Waals surface area contributed by atoms with Crippen LogP contribution in [0.25, 0.3) is 0 Å². The highest BCUT2D eigenvalue weighted by Gasteiger charge is 2.33. The number of rotatable bonds is 3. The summed E-state index contributed by atoms with van der Waals surface area (Å²) in [4.78, 5) is 11.6.